The molecule has 1 amide bonds. The second-order valence-electron chi connectivity index (χ2n) is 4.82. The van der Waals surface area contributed by atoms with Gasteiger partial charge in [0.2, 0.25) is 5.91 Å². The molecule has 22 heavy (non-hydrogen) atoms. The van der Waals surface area contributed by atoms with Gasteiger partial charge in [0, 0.05) is 35.9 Å². The van der Waals surface area contributed by atoms with Gasteiger partial charge in [-0.3, -0.25) is 9.78 Å². The van der Waals surface area contributed by atoms with E-state index in [4.69, 9.17) is 0 Å². The summed E-state index contributed by atoms with van der Waals surface area (Å²) in [6, 6.07) is 4.12. The minimum atomic E-state index is 0. The van der Waals surface area contributed by atoms with Gasteiger partial charge < -0.3 is 10.6 Å². The van der Waals surface area contributed by atoms with E-state index in [1.165, 1.54) is 0 Å². The standard InChI is InChI=1S/C14H16N4OS.2ClH/c19-13(17-11-3-5-16-8-11)6-12-9-20-14(18-12)10-2-1-4-15-7-10;;/h1-2,4,7,9,11,16H,3,5-6,8H2,(H,17,19);2*1H. The number of amides is 1. The van der Waals surface area contributed by atoms with Crippen LogP contribution in [0.3, 0.4) is 0 Å². The molecule has 1 unspecified atom stereocenters. The van der Waals surface area contributed by atoms with Crippen LogP contribution in [0.5, 0.6) is 0 Å². The maximum Gasteiger partial charge on any atom is 0.226 e. The maximum absolute atomic E-state index is 11.9. The summed E-state index contributed by atoms with van der Waals surface area (Å²) in [6.07, 6.45) is 4.87. The van der Waals surface area contributed by atoms with Crippen LogP contribution in [-0.2, 0) is 11.2 Å². The first kappa shape index (κ1) is 18.8. The summed E-state index contributed by atoms with van der Waals surface area (Å²) in [5, 5.41) is 9.10. The van der Waals surface area contributed by atoms with Gasteiger partial charge in [-0.25, -0.2) is 4.98 Å². The second-order valence-corrected chi connectivity index (χ2v) is 5.68. The third-order valence-corrected chi connectivity index (χ3v) is 4.17. The normalized spacial score (nSPS) is 16.5. The van der Waals surface area contributed by atoms with Gasteiger partial charge in [-0.2, -0.15) is 0 Å². The average Bonchev–Trinajstić information content (AvgIpc) is 3.11. The van der Waals surface area contributed by atoms with Crippen LogP contribution in [0.4, 0.5) is 0 Å². The minimum absolute atomic E-state index is 0. The Kier molecular flexibility index (Phi) is 7.75. The molecule has 0 spiro atoms. The van der Waals surface area contributed by atoms with E-state index < -0.39 is 0 Å². The van der Waals surface area contributed by atoms with Crippen molar-refractivity contribution in [2.45, 2.75) is 18.9 Å². The molecule has 0 radical (unpaired) electrons. The molecule has 0 aliphatic carbocycles. The van der Waals surface area contributed by atoms with Crippen LogP contribution >= 0.6 is 36.2 Å². The zero-order valence-electron chi connectivity index (χ0n) is 11.8. The Bertz CT molecular complexity index is 588. The van der Waals surface area contributed by atoms with Gasteiger partial charge in [0.1, 0.15) is 5.01 Å². The molecule has 0 aromatic carbocycles. The monoisotopic (exact) mass is 360 g/mol. The summed E-state index contributed by atoms with van der Waals surface area (Å²) in [5.41, 5.74) is 1.81. The number of aromatic nitrogens is 2. The van der Waals surface area contributed by atoms with Crippen molar-refractivity contribution in [1.29, 1.82) is 0 Å². The molecule has 1 fully saturated rings. The first-order valence-electron chi connectivity index (χ1n) is 6.66. The van der Waals surface area contributed by atoms with Crippen molar-refractivity contribution in [2.24, 2.45) is 0 Å². The van der Waals surface area contributed by atoms with Gasteiger partial charge >= 0.3 is 0 Å². The van der Waals surface area contributed by atoms with E-state index >= 15 is 0 Å². The molecule has 2 N–H and O–H groups in total. The predicted molar refractivity (Wildman–Crippen MR) is 93.0 cm³/mol. The first-order chi connectivity index (χ1) is 9.81. The van der Waals surface area contributed by atoms with Gasteiger partial charge in [-0.05, 0) is 25.1 Å². The number of nitrogens with one attached hydrogen (secondary N) is 2. The summed E-state index contributed by atoms with van der Waals surface area (Å²) in [5.74, 6) is 0.0433. The number of carbonyl (C=O) groups excluding carboxylic acids is 1. The zero-order valence-corrected chi connectivity index (χ0v) is 14.3. The quantitative estimate of drug-likeness (QED) is 0.875. The fraction of sp³-hybridized carbons (Fsp3) is 0.357. The molecule has 2 aromatic heterocycles. The Morgan fingerprint density at radius 3 is 3.00 bits per heavy atom. The zero-order chi connectivity index (χ0) is 13.8. The van der Waals surface area contributed by atoms with E-state index in [0.29, 0.717) is 6.42 Å². The molecule has 1 aliphatic rings. The molecule has 8 heteroatoms. The molecule has 1 saturated heterocycles. The van der Waals surface area contributed by atoms with Crippen molar-refractivity contribution in [3.05, 3.63) is 35.6 Å². The molecule has 5 nitrogen and oxygen atoms in total. The van der Waals surface area contributed by atoms with E-state index in [0.717, 1.165) is 35.8 Å². The SMILES string of the molecule is Cl.Cl.O=C(Cc1csc(-c2cccnc2)n1)NC1CCNC1. The van der Waals surface area contributed by atoms with Gasteiger partial charge in [-0.1, -0.05) is 0 Å². The van der Waals surface area contributed by atoms with E-state index in [1.807, 2.05) is 17.5 Å². The molecule has 3 heterocycles. The maximum atomic E-state index is 11.9. The highest BCUT2D eigenvalue weighted by molar-refractivity contribution is 7.13. The lowest BCUT2D eigenvalue weighted by molar-refractivity contribution is -0.121. The molecule has 0 saturated carbocycles. The third-order valence-electron chi connectivity index (χ3n) is 3.23. The van der Waals surface area contributed by atoms with Crippen LogP contribution in [0, 0.1) is 0 Å². The van der Waals surface area contributed by atoms with E-state index in [9.17, 15) is 4.79 Å². The van der Waals surface area contributed by atoms with Crippen LogP contribution in [-0.4, -0.2) is 35.0 Å². The number of nitrogens with zero attached hydrogens (tertiary/aromatic N) is 2. The number of pyridine rings is 1. The van der Waals surface area contributed by atoms with Crippen LogP contribution < -0.4 is 10.6 Å². The Balaban J connectivity index is 0.00000121. The summed E-state index contributed by atoms with van der Waals surface area (Å²) < 4.78 is 0. The Labute approximate surface area is 145 Å². The molecule has 120 valence electrons. The summed E-state index contributed by atoms with van der Waals surface area (Å²) in [6.45, 7) is 1.84. The summed E-state index contributed by atoms with van der Waals surface area (Å²) in [4.78, 5) is 20.5. The molecule has 1 atom stereocenters. The predicted octanol–water partition coefficient (Wildman–Crippen LogP) is 2.07. The van der Waals surface area contributed by atoms with Crippen LogP contribution in [0.15, 0.2) is 29.9 Å². The number of hydrogen-bond donors (Lipinski definition) is 2. The molecule has 1 aliphatic heterocycles. The molecule has 2 aromatic rings. The van der Waals surface area contributed by atoms with Crippen molar-refractivity contribution in [3.63, 3.8) is 0 Å². The van der Waals surface area contributed by atoms with E-state index in [-0.39, 0.29) is 36.8 Å². The number of hydrogen-bond acceptors (Lipinski definition) is 5. The fourth-order valence-electron chi connectivity index (χ4n) is 2.23. The number of carbonyl (C=O) groups is 1. The molecular weight excluding hydrogens is 343 g/mol. The number of thiazole rings is 1. The number of halogens is 2. The van der Waals surface area contributed by atoms with Gasteiger partial charge in [0.15, 0.2) is 0 Å². The largest absolute Gasteiger partial charge is 0.352 e. The number of rotatable bonds is 4. The van der Waals surface area contributed by atoms with Gasteiger partial charge in [-0.15, -0.1) is 36.2 Å². The molecule has 3 rings (SSSR count). The Hall–Kier alpha value is -1.21. The van der Waals surface area contributed by atoms with Crippen molar-refractivity contribution >= 4 is 42.1 Å². The van der Waals surface area contributed by atoms with Crippen LogP contribution in [0.25, 0.3) is 10.6 Å². The summed E-state index contributed by atoms with van der Waals surface area (Å²) >= 11 is 1.54. The van der Waals surface area contributed by atoms with Crippen molar-refractivity contribution in [3.8, 4) is 10.6 Å². The lowest BCUT2D eigenvalue weighted by Gasteiger charge is -2.10. The smallest absolute Gasteiger partial charge is 0.226 e. The topological polar surface area (TPSA) is 66.9 Å². The second kappa shape index (κ2) is 9.05. The average molecular weight is 361 g/mol. The minimum Gasteiger partial charge on any atom is -0.352 e. The van der Waals surface area contributed by atoms with Crippen LogP contribution in [0.2, 0.25) is 0 Å². The highest BCUT2D eigenvalue weighted by Crippen LogP contribution is 2.22. The highest BCUT2D eigenvalue weighted by atomic mass is 35.5. The molecular formula is C14H18Cl2N4OS. The van der Waals surface area contributed by atoms with Gasteiger partial charge in [0.25, 0.3) is 0 Å². The summed E-state index contributed by atoms with van der Waals surface area (Å²) in [7, 11) is 0. The highest BCUT2D eigenvalue weighted by Gasteiger charge is 2.17. The van der Waals surface area contributed by atoms with Crippen molar-refractivity contribution in [2.75, 3.05) is 13.1 Å². The Morgan fingerprint density at radius 2 is 2.32 bits per heavy atom. The lowest BCUT2D eigenvalue weighted by atomic mass is 10.2. The lowest BCUT2D eigenvalue weighted by Crippen LogP contribution is -2.37. The van der Waals surface area contributed by atoms with E-state index in [2.05, 4.69) is 20.6 Å². The van der Waals surface area contributed by atoms with Gasteiger partial charge in [0.05, 0.1) is 12.1 Å². The first-order valence-corrected chi connectivity index (χ1v) is 7.54. The van der Waals surface area contributed by atoms with Crippen molar-refractivity contribution < 1.29 is 4.79 Å². The van der Waals surface area contributed by atoms with E-state index in [1.54, 1.807) is 23.7 Å². The Morgan fingerprint density at radius 1 is 1.45 bits per heavy atom. The fourth-order valence-corrected chi connectivity index (χ4v) is 3.04. The van der Waals surface area contributed by atoms with Crippen molar-refractivity contribution in [1.82, 2.24) is 20.6 Å². The van der Waals surface area contributed by atoms with Crippen LogP contribution in [0.1, 0.15) is 12.1 Å². The third kappa shape index (κ3) is 4.91. The molecule has 0 bridgehead atoms.